The largest absolute Gasteiger partial charge is 0.397 e. The highest BCUT2D eigenvalue weighted by atomic mass is 79.9. The fourth-order valence-electron chi connectivity index (χ4n) is 1.94. The number of aliphatic hydroxyl groups is 1. The van der Waals surface area contributed by atoms with Crippen LogP contribution in [-0.4, -0.2) is 35.6 Å². The van der Waals surface area contributed by atoms with E-state index in [0.29, 0.717) is 10.6 Å². The van der Waals surface area contributed by atoms with Crippen molar-refractivity contribution in [3.05, 3.63) is 27.5 Å². The summed E-state index contributed by atoms with van der Waals surface area (Å²) in [7, 11) is 1.66. The van der Waals surface area contributed by atoms with Gasteiger partial charge in [0.2, 0.25) is 0 Å². The summed E-state index contributed by atoms with van der Waals surface area (Å²) in [5.74, 6) is -0.161. The van der Waals surface area contributed by atoms with Gasteiger partial charge in [0, 0.05) is 28.2 Å². The van der Waals surface area contributed by atoms with Gasteiger partial charge in [0.25, 0.3) is 5.91 Å². The van der Waals surface area contributed by atoms with Gasteiger partial charge in [-0.3, -0.25) is 4.79 Å². The lowest BCUT2D eigenvalue weighted by atomic mass is 10.2. The summed E-state index contributed by atoms with van der Waals surface area (Å²) < 4.78 is 1.86. The van der Waals surface area contributed by atoms with Crippen LogP contribution in [0.2, 0.25) is 0 Å². The Balaban J connectivity index is 2.43. The molecule has 0 aliphatic rings. The fourth-order valence-corrected chi connectivity index (χ4v) is 3.80. The van der Waals surface area contributed by atoms with Crippen LogP contribution >= 0.6 is 27.3 Å². The van der Waals surface area contributed by atoms with Crippen molar-refractivity contribution in [1.29, 1.82) is 0 Å². The molecule has 1 atom stereocenters. The lowest BCUT2D eigenvalue weighted by Crippen LogP contribution is -2.32. The van der Waals surface area contributed by atoms with Crippen LogP contribution in [0.5, 0.6) is 0 Å². The lowest BCUT2D eigenvalue weighted by Gasteiger charge is -2.18. The second-order valence-electron chi connectivity index (χ2n) is 4.49. The minimum atomic E-state index is -0.559. The number of nitrogens with zero attached hydrogens (tertiary/aromatic N) is 1. The Labute approximate surface area is 124 Å². The van der Waals surface area contributed by atoms with Crippen LogP contribution in [0.4, 0.5) is 5.69 Å². The minimum Gasteiger partial charge on any atom is -0.397 e. The van der Waals surface area contributed by atoms with Crippen molar-refractivity contribution >= 4 is 48.9 Å². The maximum atomic E-state index is 12.3. The first-order valence-electron chi connectivity index (χ1n) is 5.81. The number of carbonyl (C=O) groups is 1. The zero-order chi connectivity index (χ0) is 14.2. The molecule has 19 heavy (non-hydrogen) atoms. The Morgan fingerprint density at radius 3 is 2.84 bits per heavy atom. The van der Waals surface area contributed by atoms with E-state index in [1.165, 1.54) is 16.2 Å². The molecule has 2 aromatic rings. The molecule has 0 saturated heterocycles. The molecule has 4 nitrogen and oxygen atoms in total. The molecule has 1 aromatic heterocycles. The molecular formula is C13H15BrN2O2S. The number of amides is 1. The summed E-state index contributed by atoms with van der Waals surface area (Å²) in [6.45, 7) is 1.93. The zero-order valence-electron chi connectivity index (χ0n) is 10.7. The third-order valence-corrected chi connectivity index (χ3v) is 4.60. The lowest BCUT2D eigenvalue weighted by molar-refractivity contribution is 0.0709. The van der Waals surface area contributed by atoms with Crippen LogP contribution in [0, 0.1) is 0 Å². The van der Waals surface area contributed by atoms with Crippen LogP contribution in [0.25, 0.3) is 10.1 Å². The maximum Gasteiger partial charge on any atom is 0.265 e. The Hall–Kier alpha value is -1.11. The van der Waals surface area contributed by atoms with E-state index in [1.807, 2.05) is 18.2 Å². The number of halogens is 1. The van der Waals surface area contributed by atoms with Crippen molar-refractivity contribution in [1.82, 2.24) is 4.90 Å². The van der Waals surface area contributed by atoms with Crippen LogP contribution < -0.4 is 5.73 Å². The fraction of sp³-hybridized carbons (Fsp3) is 0.308. The second-order valence-corrected chi connectivity index (χ2v) is 6.40. The van der Waals surface area contributed by atoms with Crippen molar-refractivity contribution in [2.75, 3.05) is 19.3 Å². The average molecular weight is 343 g/mol. The first kappa shape index (κ1) is 14.3. The number of nitrogen functional groups attached to an aromatic ring is 1. The molecular weight excluding hydrogens is 328 g/mol. The number of carbonyl (C=O) groups excluding carboxylic acids is 1. The van der Waals surface area contributed by atoms with E-state index in [1.54, 1.807) is 14.0 Å². The summed E-state index contributed by atoms with van der Waals surface area (Å²) in [6, 6.07) is 5.75. The SMILES string of the molecule is CC(O)CN(C)C(=O)c1sc2cccc(Br)c2c1N. The second kappa shape index (κ2) is 5.48. The van der Waals surface area contributed by atoms with E-state index < -0.39 is 6.10 Å². The molecule has 0 bridgehead atoms. The van der Waals surface area contributed by atoms with Crippen LogP contribution in [0.1, 0.15) is 16.6 Å². The average Bonchev–Trinajstić information content (AvgIpc) is 2.66. The number of fused-ring (bicyclic) bond motifs is 1. The van der Waals surface area contributed by atoms with Gasteiger partial charge in [0.15, 0.2) is 0 Å². The Morgan fingerprint density at radius 2 is 2.26 bits per heavy atom. The summed E-state index contributed by atoms with van der Waals surface area (Å²) in [5, 5.41) is 10.2. The van der Waals surface area contributed by atoms with Crippen molar-refractivity contribution in [3.8, 4) is 0 Å². The predicted molar refractivity (Wildman–Crippen MR) is 82.6 cm³/mol. The number of thiophene rings is 1. The third kappa shape index (κ3) is 2.75. The van der Waals surface area contributed by atoms with E-state index in [9.17, 15) is 9.90 Å². The number of rotatable bonds is 3. The van der Waals surface area contributed by atoms with Crippen molar-refractivity contribution < 1.29 is 9.90 Å². The first-order valence-corrected chi connectivity index (χ1v) is 7.42. The van der Waals surface area contributed by atoms with Gasteiger partial charge < -0.3 is 15.7 Å². The van der Waals surface area contributed by atoms with E-state index in [2.05, 4.69) is 15.9 Å². The highest BCUT2D eigenvalue weighted by molar-refractivity contribution is 9.10. The molecule has 102 valence electrons. The number of likely N-dealkylation sites (N-methyl/N-ethyl adjacent to an activating group) is 1. The Morgan fingerprint density at radius 1 is 1.58 bits per heavy atom. The zero-order valence-corrected chi connectivity index (χ0v) is 13.1. The predicted octanol–water partition coefficient (Wildman–Crippen LogP) is 2.70. The molecule has 1 amide bonds. The molecule has 1 heterocycles. The van der Waals surface area contributed by atoms with Crippen LogP contribution in [0.3, 0.4) is 0 Å². The minimum absolute atomic E-state index is 0.161. The van der Waals surface area contributed by atoms with Crippen molar-refractivity contribution in [2.45, 2.75) is 13.0 Å². The van der Waals surface area contributed by atoms with Gasteiger partial charge in [-0.05, 0) is 19.1 Å². The van der Waals surface area contributed by atoms with Gasteiger partial charge in [-0.15, -0.1) is 11.3 Å². The standard InChI is InChI=1S/C13H15BrN2O2S/c1-7(17)6-16(2)13(18)12-11(15)10-8(14)4-3-5-9(10)19-12/h3-5,7,17H,6,15H2,1-2H3. The molecule has 1 unspecified atom stereocenters. The summed E-state index contributed by atoms with van der Waals surface area (Å²) in [6.07, 6.45) is -0.559. The molecule has 3 N–H and O–H groups in total. The normalized spacial score (nSPS) is 12.6. The number of benzene rings is 1. The molecule has 2 rings (SSSR count). The number of hydrogen-bond acceptors (Lipinski definition) is 4. The number of nitrogens with two attached hydrogens (primary N) is 1. The quantitative estimate of drug-likeness (QED) is 0.901. The van der Waals surface area contributed by atoms with Gasteiger partial charge >= 0.3 is 0 Å². The molecule has 0 aliphatic carbocycles. The Bertz CT molecular complexity index is 624. The molecule has 0 aliphatic heterocycles. The van der Waals surface area contributed by atoms with Crippen LogP contribution in [0.15, 0.2) is 22.7 Å². The van der Waals surface area contributed by atoms with E-state index >= 15 is 0 Å². The number of aliphatic hydroxyl groups excluding tert-OH is 1. The molecule has 0 radical (unpaired) electrons. The van der Waals surface area contributed by atoms with Gasteiger partial charge in [-0.2, -0.15) is 0 Å². The van der Waals surface area contributed by atoms with Gasteiger partial charge in [-0.1, -0.05) is 22.0 Å². The number of anilines is 1. The molecule has 0 spiro atoms. The maximum absolute atomic E-state index is 12.3. The van der Waals surface area contributed by atoms with Crippen molar-refractivity contribution in [3.63, 3.8) is 0 Å². The van der Waals surface area contributed by atoms with Gasteiger partial charge in [0.05, 0.1) is 11.8 Å². The highest BCUT2D eigenvalue weighted by Crippen LogP contribution is 2.38. The molecule has 6 heteroatoms. The topological polar surface area (TPSA) is 66.6 Å². The molecule has 1 aromatic carbocycles. The van der Waals surface area contributed by atoms with Crippen molar-refractivity contribution in [2.24, 2.45) is 0 Å². The summed E-state index contributed by atoms with van der Waals surface area (Å²) in [5.41, 5.74) is 6.58. The summed E-state index contributed by atoms with van der Waals surface area (Å²) in [4.78, 5) is 14.3. The highest BCUT2D eigenvalue weighted by Gasteiger charge is 2.21. The van der Waals surface area contributed by atoms with Gasteiger partial charge in [-0.25, -0.2) is 0 Å². The number of hydrogen-bond donors (Lipinski definition) is 2. The van der Waals surface area contributed by atoms with E-state index in [4.69, 9.17) is 5.73 Å². The Kier molecular flexibility index (Phi) is 4.13. The molecule has 0 saturated carbocycles. The molecule has 0 fully saturated rings. The van der Waals surface area contributed by atoms with E-state index in [-0.39, 0.29) is 12.5 Å². The van der Waals surface area contributed by atoms with E-state index in [0.717, 1.165) is 14.6 Å². The summed E-state index contributed by atoms with van der Waals surface area (Å²) >= 11 is 4.82. The monoisotopic (exact) mass is 342 g/mol. The first-order chi connectivity index (χ1) is 8.91. The van der Waals surface area contributed by atoms with Crippen LogP contribution in [-0.2, 0) is 0 Å². The third-order valence-electron chi connectivity index (χ3n) is 2.78. The smallest absolute Gasteiger partial charge is 0.265 e. The van der Waals surface area contributed by atoms with Gasteiger partial charge in [0.1, 0.15) is 4.88 Å².